The summed E-state index contributed by atoms with van der Waals surface area (Å²) < 4.78 is 1.74. The van der Waals surface area contributed by atoms with Crippen molar-refractivity contribution in [3.8, 4) is 0 Å². The van der Waals surface area contributed by atoms with Gasteiger partial charge in [0, 0.05) is 20.2 Å². The van der Waals surface area contributed by atoms with E-state index in [0.717, 1.165) is 28.2 Å². The first-order valence-electron chi connectivity index (χ1n) is 8.24. The topological polar surface area (TPSA) is 67.2 Å². The van der Waals surface area contributed by atoms with E-state index < -0.39 is 0 Å². The summed E-state index contributed by atoms with van der Waals surface area (Å²) in [5.74, 6) is -0.224. The molecule has 0 spiro atoms. The van der Waals surface area contributed by atoms with Gasteiger partial charge >= 0.3 is 0 Å². The van der Waals surface area contributed by atoms with E-state index in [-0.39, 0.29) is 24.3 Å². The van der Waals surface area contributed by atoms with E-state index in [9.17, 15) is 9.59 Å². The number of anilines is 1. The first kappa shape index (κ1) is 17.0. The van der Waals surface area contributed by atoms with Gasteiger partial charge in [0.05, 0.1) is 29.5 Å². The third kappa shape index (κ3) is 3.20. The van der Waals surface area contributed by atoms with Crippen LogP contribution in [0.5, 0.6) is 0 Å². The van der Waals surface area contributed by atoms with Crippen molar-refractivity contribution in [2.24, 2.45) is 7.05 Å². The number of carbonyl (C=O) groups is 2. The Morgan fingerprint density at radius 3 is 2.60 bits per heavy atom. The van der Waals surface area contributed by atoms with Gasteiger partial charge in [-0.3, -0.25) is 14.3 Å². The lowest BCUT2D eigenvalue weighted by Gasteiger charge is -2.32. The normalized spacial score (nSPS) is 15.8. The first-order chi connectivity index (χ1) is 11.9. The van der Waals surface area contributed by atoms with Crippen molar-refractivity contribution in [1.29, 1.82) is 0 Å². The standard InChI is InChI=1S/C19H22N4O2/c1-12-19(13(2)22(4)21-12)20-18(25)11-17-16-8-6-5-7-15(16)9-10-23(17)14(3)24/h5-10,17H,11H2,1-4H3,(H,20,25)/t17-/m1/s1. The summed E-state index contributed by atoms with van der Waals surface area (Å²) in [5.41, 5.74) is 4.43. The second kappa shape index (κ2) is 6.55. The largest absolute Gasteiger partial charge is 0.323 e. The predicted octanol–water partition coefficient (Wildman–Crippen LogP) is 2.94. The van der Waals surface area contributed by atoms with Gasteiger partial charge in [-0.25, -0.2) is 0 Å². The highest BCUT2D eigenvalue weighted by atomic mass is 16.2. The smallest absolute Gasteiger partial charge is 0.226 e. The van der Waals surface area contributed by atoms with Gasteiger partial charge < -0.3 is 10.2 Å². The molecule has 2 amide bonds. The summed E-state index contributed by atoms with van der Waals surface area (Å²) in [6, 6.07) is 7.52. The summed E-state index contributed by atoms with van der Waals surface area (Å²) in [6.07, 6.45) is 3.85. The van der Waals surface area contributed by atoms with Gasteiger partial charge in [0.1, 0.15) is 0 Å². The van der Waals surface area contributed by atoms with Crippen LogP contribution in [0.4, 0.5) is 5.69 Å². The Bertz CT molecular complexity index is 866. The number of benzene rings is 1. The molecule has 1 aromatic heterocycles. The molecule has 6 nitrogen and oxygen atoms in total. The van der Waals surface area contributed by atoms with E-state index in [1.165, 1.54) is 6.92 Å². The van der Waals surface area contributed by atoms with Gasteiger partial charge in [-0.05, 0) is 31.1 Å². The Labute approximate surface area is 147 Å². The minimum atomic E-state index is -0.309. The van der Waals surface area contributed by atoms with Gasteiger partial charge in [0.25, 0.3) is 0 Å². The molecule has 1 aromatic carbocycles. The fourth-order valence-corrected chi connectivity index (χ4v) is 3.23. The predicted molar refractivity (Wildman–Crippen MR) is 96.7 cm³/mol. The maximum atomic E-state index is 12.7. The number of hydrogen-bond donors (Lipinski definition) is 1. The third-order valence-electron chi connectivity index (χ3n) is 4.62. The fourth-order valence-electron chi connectivity index (χ4n) is 3.23. The summed E-state index contributed by atoms with van der Waals surface area (Å²) in [6.45, 7) is 5.29. The highest BCUT2D eigenvalue weighted by Crippen LogP contribution is 2.33. The van der Waals surface area contributed by atoms with E-state index in [1.54, 1.807) is 15.8 Å². The number of nitrogens with zero attached hydrogens (tertiary/aromatic N) is 3. The van der Waals surface area contributed by atoms with E-state index in [1.807, 2.05) is 51.2 Å². The lowest BCUT2D eigenvalue weighted by atomic mass is 9.93. The number of amides is 2. The molecule has 1 N–H and O–H groups in total. The molecule has 1 aliphatic rings. The van der Waals surface area contributed by atoms with Gasteiger partial charge in [0.2, 0.25) is 11.8 Å². The Balaban J connectivity index is 1.85. The van der Waals surface area contributed by atoms with Crippen LogP contribution in [0.15, 0.2) is 30.5 Å². The Hall–Kier alpha value is -2.89. The average molecular weight is 338 g/mol. The van der Waals surface area contributed by atoms with Crippen LogP contribution in [0.2, 0.25) is 0 Å². The van der Waals surface area contributed by atoms with Crippen molar-refractivity contribution in [1.82, 2.24) is 14.7 Å². The van der Waals surface area contributed by atoms with Crippen molar-refractivity contribution in [3.05, 3.63) is 53.0 Å². The summed E-state index contributed by atoms with van der Waals surface area (Å²) in [7, 11) is 1.84. The van der Waals surface area contributed by atoms with Crippen LogP contribution in [0.25, 0.3) is 6.08 Å². The van der Waals surface area contributed by atoms with E-state index in [0.29, 0.717) is 0 Å². The number of aromatic nitrogens is 2. The minimum absolute atomic E-state index is 0.0858. The second-order valence-corrected chi connectivity index (χ2v) is 6.31. The molecular weight excluding hydrogens is 316 g/mol. The Morgan fingerprint density at radius 2 is 1.96 bits per heavy atom. The SMILES string of the molecule is CC(=O)N1C=Cc2ccccc2[C@H]1CC(=O)Nc1c(C)nn(C)c1C. The molecule has 0 bridgehead atoms. The molecule has 0 aliphatic carbocycles. The number of fused-ring (bicyclic) bond motifs is 1. The van der Waals surface area contributed by atoms with Crippen LogP contribution in [0.1, 0.15) is 41.9 Å². The van der Waals surface area contributed by atoms with Crippen molar-refractivity contribution in [3.63, 3.8) is 0 Å². The number of carbonyl (C=O) groups excluding carboxylic acids is 2. The Morgan fingerprint density at radius 1 is 1.24 bits per heavy atom. The summed E-state index contributed by atoms with van der Waals surface area (Å²) in [4.78, 5) is 26.3. The third-order valence-corrected chi connectivity index (χ3v) is 4.62. The molecule has 0 saturated heterocycles. The zero-order valence-electron chi connectivity index (χ0n) is 14.9. The molecule has 0 saturated carbocycles. The van der Waals surface area contributed by atoms with Crippen LogP contribution < -0.4 is 5.32 Å². The molecule has 1 atom stereocenters. The van der Waals surface area contributed by atoms with Crippen molar-refractivity contribution >= 4 is 23.6 Å². The number of rotatable bonds is 3. The van der Waals surface area contributed by atoms with Crippen LogP contribution in [-0.4, -0.2) is 26.5 Å². The molecule has 0 radical (unpaired) electrons. The fraction of sp³-hybridized carbons (Fsp3) is 0.316. The second-order valence-electron chi connectivity index (χ2n) is 6.31. The van der Waals surface area contributed by atoms with Gasteiger partial charge in [-0.15, -0.1) is 0 Å². The molecular formula is C19H22N4O2. The monoisotopic (exact) mass is 338 g/mol. The van der Waals surface area contributed by atoms with Crippen LogP contribution in [0, 0.1) is 13.8 Å². The molecule has 0 unspecified atom stereocenters. The van der Waals surface area contributed by atoms with E-state index >= 15 is 0 Å². The molecule has 2 heterocycles. The van der Waals surface area contributed by atoms with Gasteiger partial charge in [-0.1, -0.05) is 24.3 Å². The minimum Gasteiger partial charge on any atom is -0.323 e. The van der Waals surface area contributed by atoms with Crippen molar-refractivity contribution in [2.75, 3.05) is 5.32 Å². The number of hydrogen-bond acceptors (Lipinski definition) is 3. The molecule has 130 valence electrons. The van der Waals surface area contributed by atoms with Crippen LogP contribution in [0.3, 0.4) is 0 Å². The first-order valence-corrected chi connectivity index (χ1v) is 8.24. The molecule has 1 aliphatic heterocycles. The van der Waals surface area contributed by atoms with Crippen molar-refractivity contribution in [2.45, 2.75) is 33.2 Å². The van der Waals surface area contributed by atoms with Gasteiger partial charge in [0.15, 0.2) is 0 Å². The summed E-state index contributed by atoms with van der Waals surface area (Å²) in [5, 5.41) is 7.27. The molecule has 2 aromatic rings. The average Bonchev–Trinajstić information content (AvgIpc) is 2.81. The Kier molecular flexibility index (Phi) is 4.44. The van der Waals surface area contributed by atoms with E-state index in [2.05, 4.69) is 10.4 Å². The van der Waals surface area contributed by atoms with Crippen molar-refractivity contribution < 1.29 is 9.59 Å². The zero-order valence-corrected chi connectivity index (χ0v) is 14.9. The molecule has 0 fully saturated rings. The number of nitrogens with one attached hydrogen (secondary N) is 1. The quantitative estimate of drug-likeness (QED) is 0.935. The maximum absolute atomic E-state index is 12.7. The van der Waals surface area contributed by atoms with Crippen LogP contribution >= 0.6 is 0 Å². The molecule has 25 heavy (non-hydrogen) atoms. The number of aryl methyl sites for hydroxylation is 2. The molecule has 6 heteroatoms. The summed E-state index contributed by atoms with van der Waals surface area (Å²) >= 11 is 0. The van der Waals surface area contributed by atoms with Crippen LogP contribution in [-0.2, 0) is 16.6 Å². The van der Waals surface area contributed by atoms with Gasteiger partial charge in [-0.2, -0.15) is 5.10 Å². The highest BCUT2D eigenvalue weighted by molar-refractivity contribution is 5.93. The van der Waals surface area contributed by atoms with E-state index in [4.69, 9.17) is 0 Å². The lowest BCUT2D eigenvalue weighted by Crippen LogP contribution is -2.33. The highest BCUT2D eigenvalue weighted by Gasteiger charge is 2.28. The maximum Gasteiger partial charge on any atom is 0.226 e. The zero-order chi connectivity index (χ0) is 18.1. The molecule has 3 rings (SSSR count). The lowest BCUT2D eigenvalue weighted by molar-refractivity contribution is -0.129.